The van der Waals surface area contributed by atoms with Gasteiger partial charge in [-0.1, -0.05) is 23.7 Å². The molecule has 1 aliphatic heterocycles. The molecule has 6 nitrogen and oxygen atoms in total. The van der Waals surface area contributed by atoms with Gasteiger partial charge in [0.05, 0.1) is 19.3 Å². The molecule has 1 atom stereocenters. The fourth-order valence-corrected chi connectivity index (χ4v) is 5.26. The maximum atomic E-state index is 8.95. The number of aromatic hydroxyl groups is 1. The molecule has 1 aliphatic carbocycles. The number of carbonyl (C=O) groups is 1. The van der Waals surface area contributed by atoms with Gasteiger partial charge in [-0.25, -0.2) is 4.31 Å². The average Bonchev–Trinajstić information content (AvgIpc) is 3.58. The van der Waals surface area contributed by atoms with Crippen LogP contribution < -0.4 is 4.74 Å². The molecule has 0 amide bonds. The van der Waals surface area contributed by atoms with E-state index in [1.54, 1.807) is 31.4 Å². The first-order chi connectivity index (χ1) is 17.5. The fraction of sp³-hybridized carbons (Fsp3) is 0.393. The van der Waals surface area contributed by atoms with Crippen molar-refractivity contribution in [2.75, 3.05) is 27.3 Å². The molecular formula is C28H34ClNO5S. The normalized spacial score (nSPS) is 17.6. The summed E-state index contributed by atoms with van der Waals surface area (Å²) in [5, 5.41) is 11.9. The number of carbonyl (C=O) groups excluding carboxylic acids is 1. The van der Waals surface area contributed by atoms with Gasteiger partial charge >= 0.3 is 0 Å². The Morgan fingerprint density at radius 2 is 1.61 bits per heavy atom. The molecule has 194 valence electrons. The summed E-state index contributed by atoms with van der Waals surface area (Å²) in [7, 11) is 3.12. The molecule has 3 aromatic carbocycles. The number of fused-ring (bicyclic) bond motifs is 1. The Hall–Kier alpha value is -2.45. The SMILES string of the molecule is COC1CCN(Sc2ccc3cc(OC4CCCC4)ccc3c2)C1.COC=O.Oc1ccc(Cl)cc1. The van der Waals surface area contributed by atoms with Crippen LogP contribution in [-0.4, -0.2) is 55.4 Å². The number of rotatable bonds is 6. The van der Waals surface area contributed by atoms with Crippen molar-refractivity contribution in [1.82, 2.24) is 4.31 Å². The van der Waals surface area contributed by atoms with Gasteiger partial charge in [-0.05, 0) is 103 Å². The largest absolute Gasteiger partial charge is 0.508 e. The first-order valence-electron chi connectivity index (χ1n) is 12.1. The molecule has 2 aliphatic rings. The minimum absolute atomic E-state index is 0.245. The zero-order valence-corrected chi connectivity index (χ0v) is 22.3. The topological polar surface area (TPSA) is 68.2 Å². The lowest BCUT2D eigenvalue weighted by molar-refractivity contribution is -0.126. The minimum atomic E-state index is 0.245. The van der Waals surface area contributed by atoms with E-state index in [-0.39, 0.29) is 5.75 Å². The lowest BCUT2D eigenvalue weighted by Gasteiger charge is -2.15. The highest BCUT2D eigenvalue weighted by Gasteiger charge is 2.22. The van der Waals surface area contributed by atoms with Gasteiger partial charge in [0.2, 0.25) is 0 Å². The zero-order valence-electron chi connectivity index (χ0n) is 20.8. The highest BCUT2D eigenvalue weighted by atomic mass is 35.5. The molecule has 1 saturated heterocycles. The number of methoxy groups -OCH3 is 2. The third-order valence-corrected chi connectivity index (χ3v) is 7.29. The Kier molecular flexibility index (Phi) is 11.7. The summed E-state index contributed by atoms with van der Waals surface area (Å²) in [6.45, 7) is 2.47. The van der Waals surface area contributed by atoms with Gasteiger partial charge in [0.25, 0.3) is 6.47 Å². The van der Waals surface area contributed by atoms with Crippen molar-refractivity contribution in [2.45, 2.75) is 49.2 Å². The van der Waals surface area contributed by atoms with Crippen molar-refractivity contribution in [1.29, 1.82) is 0 Å². The maximum Gasteiger partial charge on any atom is 0.292 e. The molecular weight excluding hydrogens is 498 g/mol. The minimum Gasteiger partial charge on any atom is -0.508 e. The number of hydrogen-bond acceptors (Lipinski definition) is 7. The predicted molar refractivity (Wildman–Crippen MR) is 146 cm³/mol. The third kappa shape index (κ3) is 9.21. The second-order valence-corrected chi connectivity index (χ2v) is 10.2. The van der Waals surface area contributed by atoms with Crippen molar-refractivity contribution in [3.8, 4) is 11.5 Å². The van der Waals surface area contributed by atoms with E-state index >= 15 is 0 Å². The molecule has 36 heavy (non-hydrogen) atoms. The average molecular weight is 532 g/mol. The molecule has 1 unspecified atom stereocenters. The van der Waals surface area contributed by atoms with Crippen molar-refractivity contribution in [3.05, 3.63) is 65.7 Å². The summed E-state index contributed by atoms with van der Waals surface area (Å²) in [4.78, 5) is 10.2. The van der Waals surface area contributed by atoms with Gasteiger partial charge in [-0.3, -0.25) is 4.79 Å². The second-order valence-electron chi connectivity index (χ2n) is 8.63. The molecule has 8 heteroatoms. The van der Waals surface area contributed by atoms with Crippen LogP contribution in [0.5, 0.6) is 11.5 Å². The lowest BCUT2D eigenvalue weighted by Crippen LogP contribution is -2.15. The van der Waals surface area contributed by atoms with Crippen molar-refractivity contribution >= 4 is 40.8 Å². The quantitative estimate of drug-likeness (QED) is 0.279. The molecule has 0 spiro atoms. The second kappa shape index (κ2) is 15.0. The number of phenols is 1. The molecule has 2 fully saturated rings. The third-order valence-electron chi connectivity index (χ3n) is 5.99. The summed E-state index contributed by atoms with van der Waals surface area (Å²) in [6, 6.07) is 19.5. The van der Waals surface area contributed by atoms with E-state index in [1.165, 1.54) is 48.5 Å². The van der Waals surface area contributed by atoms with Crippen LogP contribution in [0.1, 0.15) is 32.1 Å². The number of ether oxygens (including phenoxy) is 3. The molecule has 1 saturated carbocycles. The van der Waals surface area contributed by atoms with Crippen LogP contribution in [0.2, 0.25) is 5.02 Å². The van der Waals surface area contributed by atoms with E-state index in [4.69, 9.17) is 31.0 Å². The van der Waals surface area contributed by atoms with Gasteiger partial charge in [-0.15, -0.1) is 0 Å². The number of halogens is 1. The molecule has 1 heterocycles. The molecule has 0 bridgehead atoms. The molecule has 5 rings (SSSR count). The zero-order chi connectivity index (χ0) is 25.8. The van der Waals surface area contributed by atoms with Crippen LogP contribution in [0.4, 0.5) is 0 Å². The Labute approximate surface area is 222 Å². The molecule has 0 radical (unpaired) electrons. The van der Waals surface area contributed by atoms with Crippen LogP contribution >= 0.6 is 23.5 Å². The van der Waals surface area contributed by atoms with Crippen LogP contribution in [0, 0.1) is 0 Å². The number of phenolic OH excluding ortho intramolecular Hbond substituents is 1. The van der Waals surface area contributed by atoms with Gasteiger partial charge < -0.3 is 19.3 Å². The van der Waals surface area contributed by atoms with Gasteiger partial charge in [-0.2, -0.15) is 0 Å². The van der Waals surface area contributed by atoms with E-state index in [2.05, 4.69) is 45.4 Å². The smallest absolute Gasteiger partial charge is 0.292 e. The van der Waals surface area contributed by atoms with Gasteiger partial charge in [0, 0.05) is 30.1 Å². The van der Waals surface area contributed by atoms with Crippen molar-refractivity contribution < 1.29 is 24.1 Å². The van der Waals surface area contributed by atoms with E-state index < -0.39 is 0 Å². The summed E-state index contributed by atoms with van der Waals surface area (Å²) in [6.07, 6.45) is 6.93. The number of nitrogens with zero attached hydrogens (tertiary/aromatic N) is 1. The first kappa shape index (κ1) is 28.1. The van der Waals surface area contributed by atoms with Crippen LogP contribution in [0.15, 0.2) is 65.6 Å². The van der Waals surface area contributed by atoms with Crippen molar-refractivity contribution in [2.24, 2.45) is 0 Å². The summed E-state index contributed by atoms with van der Waals surface area (Å²) >= 11 is 7.34. The monoisotopic (exact) mass is 531 g/mol. The lowest BCUT2D eigenvalue weighted by atomic mass is 10.1. The summed E-state index contributed by atoms with van der Waals surface area (Å²) < 4.78 is 17.8. The highest BCUT2D eigenvalue weighted by Crippen LogP contribution is 2.32. The fourth-order valence-electron chi connectivity index (χ4n) is 4.09. The summed E-state index contributed by atoms with van der Waals surface area (Å²) in [5.74, 6) is 1.26. The molecule has 3 aromatic rings. The predicted octanol–water partition coefficient (Wildman–Crippen LogP) is 6.72. The van der Waals surface area contributed by atoms with Crippen LogP contribution in [-0.2, 0) is 14.3 Å². The van der Waals surface area contributed by atoms with E-state index in [9.17, 15) is 0 Å². The maximum absolute atomic E-state index is 8.95. The summed E-state index contributed by atoms with van der Waals surface area (Å²) in [5.41, 5.74) is 0. The van der Waals surface area contributed by atoms with Gasteiger partial charge in [0.15, 0.2) is 0 Å². The van der Waals surface area contributed by atoms with Crippen LogP contribution in [0.25, 0.3) is 10.8 Å². The molecule has 0 aromatic heterocycles. The standard InChI is InChI=1S/C20H25NO2S.C6H5ClO.C2H4O2/c1-22-19-10-11-21(14-19)24-20-9-7-15-12-18(8-6-16(15)13-20)23-17-4-2-3-5-17;7-5-1-3-6(8)4-2-5;1-4-2-3/h6-9,12-13,17,19H,2-5,10-11,14H2,1H3;1-4,8H;2H,1H3. The number of benzene rings is 3. The van der Waals surface area contributed by atoms with Gasteiger partial charge in [0.1, 0.15) is 11.5 Å². The Morgan fingerprint density at radius 1 is 0.944 bits per heavy atom. The van der Waals surface area contributed by atoms with E-state index in [0.29, 0.717) is 23.7 Å². The Balaban J connectivity index is 0.000000250. The van der Waals surface area contributed by atoms with Crippen molar-refractivity contribution in [3.63, 3.8) is 0 Å². The van der Waals surface area contributed by atoms with E-state index in [0.717, 1.165) is 25.3 Å². The molecule has 1 N–H and O–H groups in total. The number of hydrogen-bond donors (Lipinski definition) is 1. The highest BCUT2D eigenvalue weighted by molar-refractivity contribution is 7.97. The van der Waals surface area contributed by atoms with Crippen LogP contribution in [0.3, 0.4) is 0 Å². The Bertz CT molecular complexity index is 1050. The Morgan fingerprint density at radius 3 is 2.22 bits per heavy atom. The first-order valence-corrected chi connectivity index (χ1v) is 13.2. The van der Waals surface area contributed by atoms with E-state index in [1.807, 2.05) is 11.9 Å².